The molecule has 0 aliphatic carbocycles. The Hall–Kier alpha value is -3.68. The molecule has 1 N–H and O–H groups in total. The number of rotatable bonds is 3. The number of aromatic nitrogens is 1. The molecule has 1 fully saturated rings. The van der Waals surface area contributed by atoms with Gasteiger partial charge in [0.25, 0.3) is 5.78 Å². The van der Waals surface area contributed by atoms with Crippen LogP contribution in [0.2, 0.25) is 5.02 Å². The third kappa shape index (κ3) is 3.67. The summed E-state index contributed by atoms with van der Waals surface area (Å²) in [5.74, 6) is -0.982. The fourth-order valence-corrected chi connectivity index (χ4v) is 6.16. The van der Waals surface area contributed by atoms with Crippen molar-refractivity contribution in [2.45, 2.75) is 32.4 Å². The minimum atomic E-state index is -0.881. The second-order valence-electron chi connectivity index (χ2n) is 9.15. The van der Waals surface area contributed by atoms with Gasteiger partial charge in [0, 0.05) is 17.0 Å². The average molecular weight is 517 g/mol. The maximum atomic E-state index is 13.4. The van der Waals surface area contributed by atoms with Crippen LogP contribution in [-0.2, 0) is 16.0 Å². The SMILES string of the molecule is Cc1ccc2nc(N3C(=O)C(=O)/C(=C(/O)c4ccc5c(c4)C[C@H](C)O5)[C@H]3c3cccc(Cl)c3)sc2c1. The van der Waals surface area contributed by atoms with Gasteiger partial charge < -0.3 is 9.84 Å². The zero-order chi connectivity index (χ0) is 25.1. The molecule has 2 aliphatic rings. The summed E-state index contributed by atoms with van der Waals surface area (Å²) in [5.41, 5.74) is 3.82. The minimum Gasteiger partial charge on any atom is -0.507 e. The number of Topliss-reactive ketones (excluding diaryl/α,β-unsaturated/α-hetero) is 1. The van der Waals surface area contributed by atoms with Crippen LogP contribution in [0.15, 0.2) is 66.2 Å². The van der Waals surface area contributed by atoms with Gasteiger partial charge in [-0.05, 0) is 73.0 Å². The lowest BCUT2D eigenvalue weighted by atomic mass is 9.94. The number of anilines is 1. The van der Waals surface area contributed by atoms with Crippen molar-refractivity contribution in [3.05, 3.63) is 93.5 Å². The van der Waals surface area contributed by atoms with Crippen molar-refractivity contribution < 1.29 is 19.4 Å². The summed E-state index contributed by atoms with van der Waals surface area (Å²) in [6, 6.07) is 17.2. The number of fused-ring (bicyclic) bond motifs is 2. The van der Waals surface area contributed by atoms with E-state index in [1.165, 1.54) is 16.2 Å². The van der Waals surface area contributed by atoms with Crippen molar-refractivity contribution in [1.29, 1.82) is 0 Å². The molecule has 0 saturated carbocycles. The Morgan fingerprint density at radius 2 is 1.97 bits per heavy atom. The largest absolute Gasteiger partial charge is 0.507 e. The Kier molecular flexibility index (Phi) is 5.35. The van der Waals surface area contributed by atoms with Crippen LogP contribution < -0.4 is 9.64 Å². The van der Waals surface area contributed by atoms with Crippen molar-refractivity contribution in [2.24, 2.45) is 0 Å². The molecule has 0 unspecified atom stereocenters. The lowest BCUT2D eigenvalue weighted by Crippen LogP contribution is -2.29. The summed E-state index contributed by atoms with van der Waals surface area (Å²) in [6.07, 6.45) is 0.741. The number of ketones is 1. The van der Waals surface area contributed by atoms with Crippen LogP contribution in [0.25, 0.3) is 16.0 Å². The van der Waals surface area contributed by atoms with Crippen molar-refractivity contribution in [3.63, 3.8) is 0 Å². The molecule has 0 radical (unpaired) electrons. The molecule has 8 heteroatoms. The van der Waals surface area contributed by atoms with Gasteiger partial charge in [0.15, 0.2) is 5.13 Å². The van der Waals surface area contributed by atoms with Crippen LogP contribution in [0.3, 0.4) is 0 Å². The standard InChI is InChI=1S/C28H21ClN2O4S/c1-14-6-8-20-22(10-14)36-28(30-20)31-24(16-4-3-5-19(29)13-16)23(26(33)27(31)34)25(32)17-7-9-21-18(12-17)11-15(2)35-21/h3-10,12-13,15,24,32H,11H2,1-2H3/b25-23+/t15-,24+/m0/s1. The summed E-state index contributed by atoms with van der Waals surface area (Å²) in [4.78, 5) is 32.9. The minimum absolute atomic E-state index is 0.00428. The number of halogens is 1. The highest BCUT2D eigenvalue weighted by Gasteiger charge is 2.48. The normalized spacial score (nSPS) is 20.7. The molecular formula is C28H21ClN2O4S. The van der Waals surface area contributed by atoms with Gasteiger partial charge in [-0.15, -0.1) is 0 Å². The monoisotopic (exact) mass is 516 g/mol. The fraction of sp³-hybridized carbons (Fsp3) is 0.179. The van der Waals surface area contributed by atoms with E-state index in [0.29, 0.717) is 27.7 Å². The number of thiazole rings is 1. The number of hydrogen-bond donors (Lipinski definition) is 1. The molecule has 0 spiro atoms. The molecule has 4 aromatic rings. The molecule has 3 aromatic carbocycles. The number of aliphatic hydroxyl groups is 1. The van der Waals surface area contributed by atoms with Crippen LogP contribution in [0.1, 0.15) is 35.2 Å². The number of carbonyl (C=O) groups excluding carboxylic acids is 2. The Balaban J connectivity index is 1.54. The Morgan fingerprint density at radius 3 is 2.78 bits per heavy atom. The molecule has 1 aromatic heterocycles. The summed E-state index contributed by atoms with van der Waals surface area (Å²) < 4.78 is 6.68. The van der Waals surface area contributed by atoms with E-state index >= 15 is 0 Å². The highest BCUT2D eigenvalue weighted by atomic mass is 35.5. The first kappa shape index (κ1) is 22.8. The fourth-order valence-electron chi connectivity index (χ4n) is 4.87. The Labute approximate surface area is 216 Å². The predicted octanol–water partition coefficient (Wildman–Crippen LogP) is 6.21. The first-order chi connectivity index (χ1) is 17.3. The smallest absolute Gasteiger partial charge is 0.301 e. The number of nitrogens with zero attached hydrogens (tertiary/aromatic N) is 2. The van der Waals surface area contributed by atoms with Crippen LogP contribution in [-0.4, -0.2) is 27.9 Å². The number of amides is 1. The number of carbonyl (C=O) groups is 2. The Morgan fingerprint density at radius 1 is 1.14 bits per heavy atom. The van der Waals surface area contributed by atoms with E-state index in [2.05, 4.69) is 4.98 Å². The Bertz CT molecular complexity index is 1610. The highest BCUT2D eigenvalue weighted by Crippen LogP contribution is 2.45. The molecule has 0 bridgehead atoms. The van der Waals surface area contributed by atoms with Crippen molar-refractivity contribution >= 4 is 55.7 Å². The van der Waals surface area contributed by atoms with Crippen LogP contribution >= 0.6 is 22.9 Å². The lowest BCUT2D eigenvalue weighted by Gasteiger charge is -2.23. The lowest BCUT2D eigenvalue weighted by molar-refractivity contribution is -0.132. The van der Waals surface area contributed by atoms with Gasteiger partial charge >= 0.3 is 5.91 Å². The predicted molar refractivity (Wildman–Crippen MR) is 141 cm³/mol. The summed E-state index contributed by atoms with van der Waals surface area (Å²) in [5, 5.41) is 12.3. The van der Waals surface area contributed by atoms with Gasteiger partial charge in [-0.1, -0.05) is 41.1 Å². The number of aliphatic hydroxyl groups excluding tert-OH is 1. The van der Waals surface area contributed by atoms with E-state index < -0.39 is 17.7 Å². The van der Waals surface area contributed by atoms with E-state index in [4.69, 9.17) is 16.3 Å². The van der Waals surface area contributed by atoms with Crippen molar-refractivity contribution in [3.8, 4) is 5.75 Å². The number of hydrogen-bond acceptors (Lipinski definition) is 6. The second-order valence-corrected chi connectivity index (χ2v) is 10.6. The summed E-state index contributed by atoms with van der Waals surface area (Å²) in [6.45, 7) is 3.96. The molecule has 2 aliphatic heterocycles. The van der Waals surface area contributed by atoms with E-state index in [1.807, 2.05) is 38.1 Å². The van der Waals surface area contributed by atoms with Crippen LogP contribution in [0, 0.1) is 6.92 Å². The van der Waals surface area contributed by atoms with Crippen molar-refractivity contribution in [1.82, 2.24) is 4.98 Å². The van der Waals surface area contributed by atoms with Crippen LogP contribution in [0.4, 0.5) is 5.13 Å². The summed E-state index contributed by atoms with van der Waals surface area (Å²) >= 11 is 7.63. The first-order valence-electron chi connectivity index (χ1n) is 11.5. The number of benzene rings is 3. The van der Waals surface area contributed by atoms with Gasteiger partial charge in [-0.2, -0.15) is 0 Å². The van der Waals surface area contributed by atoms with E-state index in [-0.39, 0.29) is 17.4 Å². The molecule has 6 nitrogen and oxygen atoms in total. The third-order valence-electron chi connectivity index (χ3n) is 6.52. The zero-order valence-electron chi connectivity index (χ0n) is 19.5. The molecular weight excluding hydrogens is 496 g/mol. The quantitative estimate of drug-likeness (QED) is 0.199. The van der Waals surface area contributed by atoms with Crippen LogP contribution in [0.5, 0.6) is 5.75 Å². The van der Waals surface area contributed by atoms with Crippen molar-refractivity contribution in [2.75, 3.05) is 4.90 Å². The topological polar surface area (TPSA) is 79.7 Å². The summed E-state index contributed by atoms with van der Waals surface area (Å²) in [7, 11) is 0. The zero-order valence-corrected chi connectivity index (χ0v) is 21.1. The van der Waals surface area contributed by atoms with Gasteiger partial charge in [-0.3, -0.25) is 14.5 Å². The van der Waals surface area contributed by atoms with E-state index in [9.17, 15) is 14.7 Å². The number of ether oxygens (including phenoxy) is 1. The molecule has 1 amide bonds. The highest BCUT2D eigenvalue weighted by molar-refractivity contribution is 7.22. The van der Waals surface area contributed by atoms with E-state index in [1.54, 1.807) is 36.4 Å². The molecule has 6 rings (SSSR count). The maximum Gasteiger partial charge on any atom is 0.301 e. The maximum absolute atomic E-state index is 13.4. The average Bonchev–Trinajstić information content (AvgIpc) is 3.50. The van der Waals surface area contributed by atoms with Gasteiger partial charge in [0.2, 0.25) is 0 Å². The van der Waals surface area contributed by atoms with E-state index in [0.717, 1.165) is 27.1 Å². The van der Waals surface area contributed by atoms with Gasteiger partial charge in [0.1, 0.15) is 17.6 Å². The molecule has 2 atom stereocenters. The van der Waals surface area contributed by atoms with Gasteiger partial charge in [-0.25, -0.2) is 4.98 Å². The molecule has 3 heterocycles. The number of aryl methyl sites for hydroxylation is 1. The first-order valence-corrected chi connectivity index (χ1v) is 12.7. The molecule has 36 heavy (non-hydrogen) atoms. The molecule has 1 saturated heterocycles. The van der Waals surface area contributed by atoms with Gasteiger partial charge in [0.05, 0.1) is 21.8 Å². The third-order valence-corrected chi connectivity index (χ3v) is 7.77. The molecule has 180 valence electrons. The second kappa shape index (κ2) is 8.47.